The third-order valence-corrected chi connectivity index (χ3v) is 5.73. The standard InChI is InChI=1S/C22H24N2O2/c1-15-6-5-7-16(2)19(15)23-20(25)22(11-12-22)21(26)24-13-10-17-8-3-4-9-18(17)14-24/h3-9H,10-14H2,1-2H3,(H,23,25). The van der Waals surface area contributed by atoms with Crippen LogP contribution < -0.4 is 5.32 Å². The van der Waals surface area contributed by atoms with Gasteiger partial charge < -0.3 is 10.2 Å². The maximum Gasteiger partial charge on any atom is 0.240 e. The van der Waals surface area contributed by atoms with Crippen molar-refractivity contribution in [2.45, 2.75) is 39.7 Å². The molecule has 134 valence electrons. The van der Waals surface area contributed by atoms with Crippen LogP contribution in [-0.2, 0) is 22.6 Å². The number of carbonyl (C=O) groups excluding carboxylic acids is 2. The van der Waals surface area contributed by atoms with Gasteiger partial charge in [-0.25, -0.2) is 0 Å². The van der Waals surface area contributed by atoms with Gasteiger partial charge in [0.05, 0.1) is 0 Å². The van der Waals surface area contributed by atoms with Crippen LogP contribution >= 0.6 is 0 Å². The van der Waals surface area contributed by atoms with E-state index in [0.717, 1.165) is 23.2 Å². The molecule has 0 aromatic heterocycles. The molecule has 1 heterocycles. The second kappa shape index (κ2) is 6.27. The third kappa shape index (κ3) is 2.79. The molecule has 0 atom stereocenters. The van der Waals surface area contributed by atoms with Crippen LogP contribution in [0.3, 0.4) is 0 Å². The lowest BCUT2D eigenvalue weighted by Gasteiger charge is -2.31. The topological polar surface area (TPSA) is 49.4 Å². The Bertz CT molecular complexity index is 863. The number of carbonyl (C=O) groups is 2. The van der Waals surface area contributed by atoms with Crippen molar-refractivity contribution >= 4 is 17.5 Å². The fourth-order valence-electron chi connectivity index (χ4n) is 3.88. The average Bonchev–Trinajstić information content (AvgIpc) is 3.46. The first-order chi connectivity index (χ1) is 12.5. The van der Waals surface area contributed by atoms with Crippen molar-refractivity contribution in [3.05, 3.63) is 64.7 Å². The molecule has 2 aliphatic rings. The summed E-state index contributed by atoms with van der Waals surface area (Å²) in [6.45, 7) is 5.25. The van der Waals surface area contributed by atoms with Gasteiger partial charge in [-0.3, -0.25) is 9.59 Å². The highest BCUT2D eigenvalue weighted by Gasteiger charge is 2.58. The number of nitrogens with one attached hydrogen (secondary N) is 1. The highest BCUT2D eigenvalue weighted by molar-refractivity contribution is 6.13. The van der Waals surface area contributed by atoms with E-state index in [1.54, 1.807) is 0 Å². The van der Waals surface area contributed by atoms with E-state index in [1.807, 2.05) is 49.1 Å². The van der Waals surface area contributed by atoms with E-state index in [-0.39, 0.29) is 11.8 Å². The van der Waals surface area contributed by atoms with Gasteiger partial charge in [0.2, 0.25) is 11.8 Å². The maximum atomic E-state index is 13.2. The molecule has 0 radical (unpaired) electrons. The summed E-state index contributed by atoms with van der Waals surface area (Å²) in [5.41, 5.74) is 4.50. The predicted molar refractivity (Wildman–Crippen MR) is 102 cm³/mol. The lowest BCUT2D eigenvalue weighted by molar-refractivity contribution is -0.143. The molecule has 0 bridgehead atoms. The predicted octanol–water partition coefficient (Wildman–Crippen LogP) is 3.61. The molecule has 1 aliphatic carbocycles. The average molecular weight is 348 g/mol. The number of hydrogen-bond acceptors (Lipinski definition) is 2. The number of anilines is 1. The summed E-state index contributed by atoms with van der Waals surface area (Å²) in [6, 6.07) is 14.2. The Morgan fingerprint density at radius 2 is 1.62 bits per heavy atom. The zero-order valence-electron chi connectivity index (χ0n) is 15.3. The Hall–Kier alpha value is -2.62. The first-order valence-corrected chi connectivity index (χ1v) is 9.25. The summed E-state index contributed by atoms with van der Waals surface area (Å²) in [7, 11) is 0. The number of hydrogen-bond donors (Lipinski definition) is 1. The molecular weight excluding hydrogens is 324 g/mol. The van der Waals surface area contributed by atoms with Crippen molar-refractivity contribution < 1.29 is 9.59 Å². The summed E-state index contributed by atoms with van der Waals surface area (Å²) in [6.07, 6.45) is 2.14. The van der Waals surface area contributed by atoms with Gasteiger partial charge in [0, 0.05) is 18.8 Å². The third-order valence-electron chi connectivity index (χ3n) is 5.73. The highest BCUT2D eigenvalue weighted by atomic mass is 16.2. The number of nitrogens with zero attached hydrogens (tertiary/aromatic N) is 1. The first-order valence-electron chi connectivity index (χ1n) is 9.25. The van der Waals surface area contributed by atoms with Crippen LogP contribution in [0.5, 0.6) is 0 Å². The summed E-state index contributed by atoms with van der Waals surface area (Å²) in [5.74, 6) is -0.172. The van der Waals surface area contributed by atoms with Gasteiger partial charge in [-0.2, -0.15) is 0 Å². The molecule has 1 aliphatic heterocycles. The summed E-state index contributed by atoms with van der Waals surface area (Å²) in [4.78, 5) is 28.0. The molecule has 4 rings (SSSR count). The van der Waals surface area contributed by atoms with E-state index in [1.165, 1.54) is 11.1 Å². The number of para-hydroxylation sites is 1. The summed E-state index contributed by atoms with van der Waals surface area (Å²) in [5, 5.41) is 3.03. The van der Waals surface area contributed by atoms with Crippen molar-refractivity contribution in [2.24, 2.45) is 5.41 Å². The molecule has 0 saturated heterocycles. The minimum Gasteiger partial charge on any atom is -0.337 e. The molecule has 2 aromatic carbocycles. The molecular formula is C22H24N2O2. The lowest BCUT2D eigenvalue weighted by Crippen LogP contribution is -2.45. The van der Waals surface area contributed by atoms with Gasteiger partial charge in [-0.1, -0.05) is 42.5 Å². The van der Waals surface area contributed by atoms with E-state index in [0.29, 0.717) is 25.9 Å². The van der Waals surface area contributed by atoms with E-state index in [9.17, 15) is 9.59 Å². The quantitative estimate of drug-likeness (QED) is 0.862. The van der Waals surface area contributed by atoms with E-state index >= 15 is 0 Å². The number of rotatable bonds is 3. The van der Waals surface area contributed by atoms with Crippen molar-refractivity contribution in [2.75, 3.05) is 11.9 Å². The van der Waals surface area contributed by atoms with Crippen LogP contribution in [0.15, 0.2) is 42.5 Å². The lowest BCUT2D eigenvalue weighted by atomic mass is 9.96. The number of amides is 2. The van der Waals surface area contributed by atoms with E-state index < -0.39 is 5.41 Å². The van der Waals surface area contributed by atoms with Gasteiger partial charge in [0.1, 0.15) is 5.41 Å². The molecule has 2 aromatic rings. The zero-order valence-corrected chi connectivity index (χ0v) is 15.3. The Kier molecular flexibility index (Phi) is 4.06. The molecule has 1 fully saturated rings. The van der Waals surface area contributed by atoms with Crippen molar-refractivity contribution in [3.8, 4) is 0 Å². The molecule has 1 N–H and O–H groups in total. The Balaban J connectivity index is 1.52. The Labute approximate surface area is 154 Å². The monoisotopic (exact) mass is 348 g/mol. The summed E-state index contributed by atoms with van der Waals surface area (Å²) < 4.78 is 0. The van der Waals surface area contributed by atoms with Crippen LogP contribution in [0.4, 0.5) is 5.69 Å². The van der Waals surface area contributed by atoms with E-state index in [2.05, 4.69) is 17.4 Å². The highest BCUT2D eigenvalue weighted by Crippen LogP contribution is 2.49. The van der Waals surface area contributed by atoms with Crippen molar-refractivity contribution in [3.63, 3.8) is 0 Å². The fourth-order valence-corrected chi connectivity index (χ4v) is 3.88. The van der Waals surface area contributed by atoms with Crippen LogP contribution in [-0.4, -0.2) is 23.3 Å². The normalized spacial score (nSPS) is 17.4. The Morgan fingerprint density at radius 1 is 0.962 bits per heavy atom. The Morgan fingerprint density at radius 3 is 2.27 bits per heavy atom. The SMILES string of the molecule is Cc1cccc(C)c1NC(=O)C1(C(=O)N2CCc3ccccc3C2)CC1. The van der Waals surface area contributed by atoms with Gasteiger partial charge in [0.25, 0.3) is 0 Å². The van der Waals surface area contributed by atoms with Crippen LogP contribution in [0, 0.1) is 19.3 Å². The van der Waals surface area contributed by atoms with Gasteiger partial charge >= 0.3 is 0 Å². The molecule has 26 heavy (non-hydrogen) atoms. The minimum absolute atomic E-state index is 0.0178. The van der Waals surface area contributed by atoms with Crippen LogP contribution in [0.2, 0.25) is 0 Å². The number of aryl methyl sites for hydroxylation is 2. The molecule has 4 nitrogen and oxygen atoms in total. The fraction of sp³-hybridized carbons (Fsp3) is 0.364. The van der Waals surface area contributed by atoms with Crippen molar-refractivity contribution in [1.82, 2.24) is 4.90 Å². The minimum atomic E-state index is -0.874. The van der Waals surface area contributed by atoms with Gasteiger partial charge in [0.15, 0.2) is 0 Å². The number of benzene rings is 2. The van der Waals surface area contributed by atoms with Gasteiger partial charge in [-0.15, -0.1) is 0 Å². The largest absolute Gasteiger partial charge is 0.337 e. The maximum absolute atomic E-state index is 13.2. The van der Waals surface area contributed by atoms with Crippen LogP contribution in [0.1, 0.15) is 35.1 Å². The molecule has 0 spiro atoms. The van der Waals surface area contributed by atoms with Gasteiger partial charge in [-0.05, 0) is 55.4 Å². The van der Waals surface area contributed by atoms with Crippen LogP contribution in [0.25, 0.3) is 0 Å². The first kappa shape index (κ1) is 16.8. The molecule has 4 heteroatoms. The van der Waals surface area contributed by atoms with E-state index in [4.69, 9.17) is 0 Å². The zero-order chi connectivity index (χ0) is 18.3. The molecule has 1 saturated carbocycles. The second-order valence-electron chi connectivity index (χ2n) is 7.55. The molecule has 2 amide bonds. The molecule has 0 unspecified atom stereocenters. The smallest absolute Gasteiger partial charge is 0.240 e. The number of fused-ring (bicyclic) bond motifs is 1. The second-order valence-corrected chi connectivity index (χ2v) is 7.55. The van der Waals surface area contributed by atoms with Crippen molar-refractivity contribution in [1.29, 1.82) is 0 Å². The summed E-state index contributed by atoms with van der Waals surface area (Å²) >= 11 is 0.